The molecule has 0 radical (unpaired) electrons. The van der Waals surface area contributed by atoms with Crippen molar-refractivity contribution in [1.82, 2.24) is 0 Å². The largest absolute Gasteiger partial charge is 0.365 e. The van der Waals surface area contributed by atoms with Crippen LogP contribution in [0.2, 0.25) is 0 Å². The molecular formula is C25H26N2O2S2. The molecule has 1 aliphatic carbocycles. The molecule has 1 heterocycles. The molecule has 6 heteroatoms. The Bertz CT molecular complexity index is 1050. The maximum atomic E-state index is 13.5. The second-order valence-electron chi connectivity index (χ2n) is 7.70. The second kappa shape index (κ2) is 10.2. The summed E-state index contributed by atoms with van der Waals surface area (Å²) < 4.78 is 0. The molecule has 0 aliphatic heterocycles. The van der Waals surface area contributed by atoms with Crippen LogP contribution in [0.25, 0.3) is 0 Å². The average molecular weight is 451 g/mol. The Morgan fingerprint density at radius 2 is 1.55 bits per heavy atom. The van der Waals surface area contributed by atoms with Gasteiger partial charge < -0.3 is 11.1 Å². The van der Waals surface area contributed by atoms with E-state index in [0.29, 0.717) is 10.6 Å². The molecule has 160 valence electrons. The molecule has 31 heavy (non-hydrogen) atoms. The third kappa shape index (κ3) is 5.20. The molecule has 0 fully saturated rings. The fraction of sp³-hybridized carbons (Fsp3) is 0.280. The monoisotopic (exact) mass is 450 g/mol. The van der Waals surface area contributed by atoms with Gasteiger partial charge >= 0.3 is 0 Å². The number of anilines is 1. The van der Waals surface area contributed by atoms with E-state index in [4.69, 9.17) is 5.73 Å². The number of carbonyl (C=O) groups excluding carboxylic acids is 2. The fourth-order valence-electron chi connectivity index (χ4n) is 3.98. The molecule has 2 amide bonds. The van der Waals surface area contributed by atoms with Gasteiger partial charge in [0.05, 0.1) is 5.56 Å². The van der Waals surface area contributed by atoms with Crippen molar-refractivity contribution >= 4 is 39.9 Å². The lowest BCUT2D eigenvalue weighted by atomic mass is 9.96. The maximum absolute atomic E-state index is 13.5. The van der Waals surface area contributed by atoms with Crippen LogP contribution in [0.15, 0.2) is 65.6 Å². The summed E-state index contributed by atoms with van der Waals surface area (Å²) in [6.45, 7) is 0. The molecule has 1 aromatic heterocycles. The Morgan fingerprint density at radius 1 is 0.903 bits per heavy atom. The predicted octanol–water partition coefficient (Wildman–Crippen LogP) is 5.98. The molecule has 4 nitrogen and oxygen atoms in total. The van der Waals surface area contributed by atoms with Crippen molar-refractivity contribution < 1.29 is 9.59 Å². The van der Waals surface area contributed by atoms with Crippen LogP contribution in [0, 0.1) is 0 Å². The van der Waals surface area contributed by atoms with Gasteiger partial charge in [-0.2, -0.15) is 0 Å². The second-order valence-corrected chi connectivity index (χ2v) is 9.98. The smallest absolute Gasteiger partial charge is 0.251 e. The minimum absolute atomic E-state index is 0.142. The van der Waals surface area contributed by atoms with Crippen LogP contribution in [-0.4, -0.2) is 11.8 Å². The van der Waals surface area contributed by atoms with Gasteiger partial charge in [-0.05, 0) is 48.9 Å². The highest BCUT2D eigenvalue weighted by Crippen LogP contribution is 2.40. The maximum Gasteiger partial charge on any atom is 0.251 e. The number of nitrogens with one attached hydrogen (secondary N) is 1. The lowest BCUT2D eigenvalue weighted by molar-refractivity contribution is -0.115. The van der Waals surface area contributed by atoms with Crippen molar-refractivity contribution in [2.45, 2.75) is 48.7 Å². The van der Waals surface area contributed by atoms with E-state index < -0.39 is 11.2 Å². The molecule has 4 rings (SSSR count). The lowest BCUT2D eigenvalue weighted by Gasteiger charge is -2.17. The number of aryl methyl sites for hydroxylation is 1. The molecule has 3 aromatic rings. The van der Waals surface area contributed by atoms with Crippen molar-refractivity contribution in [2.75, 3.05) is 5.32 Å². The molecule has 0 saturated heterocycles. The Kier molecular flexibility index (Phi) is 7.10. The van der Waals surface area contributed by atoms with Gasteiger partial charge in [-0.1, -0.05) is 61.4 Å². The van der Waals surface area contributed by atoms with Crippen molar-refractivity contribution in [3.8, 4) is 0 Å². The molecule has 0 spiro atoms. The first-order valence-electron chi connectivity index (χ1n) is 10.7. The zero-order valence-corrected chi connectivity index (χ0v) is 18.9. The molecule has 0 bridgehead atoms. The summed E-state index contributed by atoms with van der Waals surface area (Å²) in [5.74, 6) is -0.600. The minimum Gasteiger partial charge on any atom is -0.365 e. The summed E-state index contributed by atoms with van der Waals surface area (Å²) >= 11 is 3.02. The van der Waals surface area contributed by atoms with E-state index in [1.807, 2.05) is 60.7 Å². The van der Waals surface area contributed by atoms with Crippen LogP contribution in [-0.2, 0) is 17.6 Å². The van der Waals surface area contributed by atoms with Gasteiger partial charge in [-0.15, -0.1) is 23.1 Å². The van der Waals surface area contributed by atoms with Crippen LogP contribution in [0.3, 0.4) is 0 Å². The van der Waals surface area contributed by atoms with E-state index in [9.17, 15) is 9.59 Å². The molecular weight excluding hydrogens is 424 g/mol. The summed E-state index contributed by atoms with van der Waals surface area (Å²) in [5, 5.41) is 3.23. The Labute approximate surface area is 191 Å². The standard InChI is InChI=1S/C25H26N2O2S2/c26-23(28)21-19-15-9-1-2-10-16-20(19)31-25(21)27-24(29)22(17-11-5-3-6-12-17)30-18-13-7-4-8-14-18/h3-8,11-14,22H,1-2,9-10,15-16H2,(H2,26,28)(H,27,29)/t22-/m1/s1. The lowest BCUT2D eigenvalue weighted by Crippen LogP contribution is -2.21. The summed E-state index contributed by atoms with van der Waals surface area (Å²) in [5.41, 5.74) is 8.24. The average Bonchev–Trinajstić information content (AvgIpc) is 3.09. The highest BCUT2D eigenvalue weighted by Gasteiger charge is 2.27. The predicted molar refractivity (Wildman–Crippen MR) is 129 cm³/mol. The first-order valence-corrected chi connectivity index (χ1v) is 12.3. The molecule has 0 unspecified atom stereocenters. The number of carbonyl (C=O) groups is 2. The van der Waals surface area contributed by atoms with Gasteiger partial charge in [0.15, 0.2) is 0 Å². The van der Waals surface area contributed by atoms with Crippen LogP contribution < -0.4 is 11.1 Å². The van der Waals surface area contributed by atoms with E-state index in [0.717, 1.165) is 41.7 Å². The van der Waals surface area contributed by atoms with E-state index >= 15 is 0 Å². The number of amides is 2. The number of benzene rings is 2. The van der Waals surface area contributed by atoms with Gasteiger partial charge in [0, 0.05) is 9.77 Å². The third-order valence-electron chi connectivity index (χ3n) is 5.49. The van der Waals surface area contributed by atoms with Crippen molar-refractivity contribution in [2.24, 2.45) is 5.73 Å². The molecule has 1 atom stereocenters. The number of primary amides is 1. The van der Waals surface area contributed by atoms with Gasteiger partial charge in [0.25, 0.3) is 5.91 Å². The minimum atomic E-state index is -0.458. The highest BCUT2D eigenvalue weighted by molar-refractivity contribution is 8.00. The third-order valence-corrected chi connectivity index (χ3v) is 7.97. The highest BCUT2D eigenvalue weighted by atomic mass is 32.2. The van der Waals surface area contributed by atoms with Crippen LogP contribution in [0.1, 0.15) is 57.3 Å². The number of hydrogen-bond acceptors (Lipinski definition) is 4. The van der Waals surface area contributed by atoms with Gasteiger partial charge in [0.1, 0.15) is 10.3 Å². The van der Waals surface area contributed by atoms with E-state index in [2.05, 4.69) is 5.32 Å². The Hall–Kier alpha value is -2.57. The first kappa shape index (κ1) is 21.7. The fourth-order valence-corrected chi connectivity index (χ4v) is 6.32. The van der Waals surface area contributed by atoms with Crippen molar-refractivity contribution in [1.29, 1.82) is 0 Å². The van der Waals surface area contributed by atoms with E-state index in [1.54, 1.807) is 0 Å². The zero-order valence-electron chi connectivity index (χ0n) is 17.3. The number of thioether (sulfide) groups is 1. The summed E-state index contributed by atoms with van der Waals surface area (Å²) in [6, 6.07) is 19.6. The summed E-state index contributed by atoms with van der Waals surface area (Å²) in [6.07, 6.45) is 6.31. The molecule has 2 aromatic carbocycles. The van der Waals surface area contributed by atoms with Crippen molar-refractivity contribution in [3.63, 3.8) is 0 Å². The molecule has 1 aliphatic rings. The number of nitrogens with two attached hydrogens (primary N) is 1. The zero-order chi connectivity index (χ0) is 21.6. The SMILES string of the molecule is NC(=O)c1c(NC(=O)[C@H](Sc2ccccc2)c2ccccc2)sc2c1CCCCCC2. The number of thiophene rings is 1. The molecule has 0 saturated carbocycles. The van der Waals surface area contributed by atoms with Crippen molar-refractivity contribution in [3.05, 3.63) is 82.2 Å². The number of rotatable bonds is 6. The first-order chi connectivity index (χ1) is 15.1. The van der Waals surface area contributed by atoms with Crippen LogP contribution in [0.4, 0.5) is 5.00 Å². The number of fused-ring (bicyclic) bond motifs is 1. The number of hydrogen-bond donors (Lipinski definition) is 2. The topological polar surface area (TPSA) is 72.2 Å². The van der Waals surface area contributed by atoms with E-state index in [1.165, 1.54) is 40.8 Å². The normalized spacial score (nSPS) is 14.7. The van der Waals surface area contributed by atoms with Gasteiger partial charge in [-0.3, -0.25) is 9.59 Å². The van der Waals surface area contributed by atoms with Crippen LogP contribution in [0.5, 0.6) is 0 Å². The Balaban J connectivity index is 1.65. The van der Waals surface area contributed by atoms with Crippen LogP contribution >= 0.6 is 23.1 Å². The summed E-state index contributed by atoms with van der Waals surface area (Å²) in [4.78, 5) is 28.0. The van der Waals surface area contributed by atoms with E-state index in [-0.39, 0.29) is 5.91 Å². The van der Waals surface area contributed by atoms with Gasteiger partial charge in [-0.25, -0.2) is 0 Å². The summed E-state index contributed by atoms with van der Waals surface area (Å²) in [7, 11) is 0. The van der Waals surface area contributed by atoms with Gasteiger partial charge in [0.2, 0.25) is 5.91 Å². The Morgan fingerprint density at radius 3 is 2.23 bits per heavy atom. The quantitative estimate of drug-likeness (QED) is 0.454. The molecule has 3 N–H and O–H groups in total.